The molecule has 0 unspecified atom stereocenters. The molecule has 15 heavy (non-hydrogen) atoms. The molecule has 0 saturated carbocycles. The molecule has 0 N–H and O–H groups in total. The van der Waals surface area contributed by atoms with E-state index in [0.717, 1.165) is 26.2 Å². The molecule has 0 atom stereocenters. The summed E-state index contributed by atoms with van der Waals surface area (Å²) in [6, 6.07) is 11.4. The van der Waals surface area contributed by atoms with Crippen molar-refractivity contribution in [2.45, 2.75) is 26.0 Å². The van der Waals surface area contributed by atoms with E-state index >= 15 is 0 Å². The van der Waals surface area contributed by atoms with Gasteiger partial charge in [-0.15, -0.1) is 0 Å². The van der Waals surface area contributed by atoms with E-state index in [1.54, 1.807) is 0 Å². The van der Waals surface area contributed by atoms with Crippen molar-refractivity contribution < 1.29 is 4.74 Å². The Hall–Kier alpha value is -0.860. The average molecular weight is 204 g/mol. The van der Waals surface area contributed by atoms with Gasteiger partial charge in [0.25, 0.3) is 0 Å². The predicted molar refractivity (Wildman–Crippen MR) is 60.6 cm³/mol. The fraction of sp³-hybridized carbons (Fsp3) is 0.538. The lowest BCUT2D eigenvalue weighted by atomic mass is 10.1. The molecule has 1 saturated heterocycles. The maximum absolute atomic E-state index is 5.68. The molecule has 1 fully saturated rings. The highest BCUT2D eigenvalue weighted by molar-refractivity contribution is 5.13. The van der Waals surface area contributed by atoms with Gasteiger partial charge in [0.2, 0.25) is 0 Å². The van der Waals surface area contributed by atoms with Crippen molar-refractivity contribution in [2.75, 3.05) is 19.7 Å². The minimum absolute atomic E-state index is 0.00691. The minimum atomic E-state index is -0.00691. The first-order valence-corrected chi connectivity index (χ1v) is 5.48. The lowest BCUT2D eigenvalue weighted by molar-refractivity contribution is -0.0882. The Balaban J connectivity index is 1.95. The van der Waals surface area contributed by atoms with Crippen molar-refractivity contribution in [3.05, 3.63) is 35.9 Å². The van der Waals surface area contributed by atoms with Crippen molar-refractivity contribution >= 4 is 0 Å². The first kappa shape index (κ1) is 10.7. The van der Waals surface area contributed by atoms with Gasteiger partial charge < -0.3 is 4.74 Å². The standard InChI is InChI=1S/C13H18NO/c1-13(2)11-14(8-9-15-13)10-12-6-4-3-5-7-12/h3-6H,8-11H2,1-2H3. The molecule has 1 heterocycles. The molecule has 2 nitrogen and oxygen atoms in total. The quantitative estimate of drug-likeness (QED) is 0.731. The fourth-order valence-corrected chi connectivity index (χ4v) is 2.02. The third-order valence-corrected chi connectivity index (χ3v) is 2.67. The molecule has 2 rings (SSSR count). The highest BCUT2D eigenvalue weighted by Gasteiger charge is 2.26. The Labute approximate surface area is 91.9 Å². The topological polar surface area (TPSA) is 12.5 Å². The third kappa shape index (κ3) is 3.05. The number of hydrogen-bond acceptors (Lipinski definition) is 2. The Morgan fingerprint density at radius 3 is 3.00 bits per heavy atom. The molecule has 1 radical (unpaired) electrons. The second kappa shape index (κ2) is 4.33. The van der Waals surface area contributed by atoms with Gasteiger partial charge in [0.1, 0.15) is 0 Å². The van der Waals surface area contributed by atoms with Crippen molar-refractivity contribution in [3.8, 4) is 0 Å². The van der Waals surface area contributed by atoms with Crippen LogP contribution in [0.4, 0.5) is 0 Å². The van der Waals surface area contributed by atoms with Crippen LogP contribution in [0.5, 0.6) is 0 Å². The Morgan fingerprint density at radius 1 is 1.47 bits per heavy atom. The van der Waals surface area contributed by atoms with Gasteiger partial charge >= 0.3 is 0 Å². The van der Waals surface area contributed by atoms with Crippen LogP contribution in [0.2, 0.25) is 0 Å². The lowest BCUT2D eigenvalue weighted by Crippen LogP contribution is -2.47. The second-order valence-electron chi connectivity index (χ2n) is 4.71. The van der Waals surface area contributed by atoms with Gasteiger partial charge in [-0.1, -0.05) is 24.3 Å². The monoisotopic (exact) mass is 204 g/mol. The van der Waals surface area contributed by atoms with Crippen LogP contribution in [0.1, 0.15) is 19.4 Å². The predicted octanol–water partition coefficient (Wildman–Crippen LogP) is 2.10. The van der Waals surface area contributed by atoms with E-state index in [1.165, 1.54) is 5.56 Å². The summed E-state index contributed by atoms with van der Waals surface area (Å²) in [6.45, 7) is 8.12. The van der Waals surface area contributed by atoms with Gasteiger partial charge in [0.05, 0.1) is 12.2 Å². The van der Waals surface area contributed by atoms with E-state index < -0.39 is 0 Å². The Kier molecular flexibility index (Phi) is 3.08. The molecule has 1 aromatic carbocycles. The molecule has 81 valence electrons. The van der Waals surface area contributed by atoms with Crippen LogP contribution in [-0.2, 0) is 11.3 Å². The van der Waals surface area contributed by atoms with Gasteiger partial charge in [-0.25, -0.2) is 0 Å². The largest absolute Gasteiger partial charge is 0.373 e. The zero-order valence-corrected chi connectivity index (χ0v) is 9.49. The van der Waals surface area contributed by atoms with E-state index in [-0.39, 0.29) is 5.60 Å². The first-order valence-electron chi connectivity index (χ1n) is 5.48. The number of morpholine rings is 1. The first-order chi connectivity index (χ1) is 7.16. The SMILES string of the molecule is CC1(C)CN(Cc2[c]cccc2)CCO1. The lowest BCUT2D eigenvalue weighted by Gasteiger charge is -2.38. The molecular formula is C13H18NO. The molecule has 1 aromatic rings. The summed E-state index contributed by atoms with van der Waals surface area (Å²) in [7, 11) is 0. The van der Waals surface area contributed by atoms with Crippen molar-refractivity contribution in [1.82, 2.24) is 4.90 Å². The van der Waals surface area contributed by atoms with Crippen molar-refractivity contribution in [3.63, 3.8) is 0 Å². The molecule has 2 heteroatoms. The summed E-state index contributed by atoms with van der Waals surface area (Å²) >= 11 is 0. The average Bonchev–Trinajstić information content (AvgIpc) is 2.17. The van der Waals surface area contributed by atoms with Crippen LogP contribution >= 0.6 is 0 Å². The second-order valence-corrected chi connectivity index (χ2v) is 4.71. The van der Waals surface area contributed by atoms with Crippen LogP contribution in [-0.4, -0.2) is 30.2 Å². The Morgan fingerprint density at radius 2 is 2.33 bits per heavy atom. The van der Waals surface area contributed by atoms with E-state index in [4.69, 9.17) is 4.74 Å². The van der Waals surface area contributed by atoms with E-state index in [0.29, 0.717) is 0 Å². The smallest absolute Gasteiger partial charge is 0.0753 e. The van der Waals surface area contributed by atoms with Crippen LogP contribution in [0.15, 0.2) is 24.3 Å². The molecular weight excluding hydrogens is 186 g/mol. The summed E-state index contributed by atoms with van der Waals surface area (Å²) in [5.41, 5.74) is 1.25. The maximum atomic E-state index is 5.68. The Bertz CT molecular complexity index is 308. The van der Waals surface area contributed by atoms with E-state index in [1.807, 2.05) is 12.1 Å². The number of ether oxygens (including phenoxy) is 1. The van der Waals surface area contributed by atoms with Gasteiger partial charge in [-0.2, -0.15) is 0 Å². The maximum Gasteiger partial charge on any atom is 0.0753 e. The van der Waals surface area contributed by atoms with Crippen LogP contribution in [0.25, 0.3) is 0 Å². The van der Waals surface area contributed by atoms with Gasteiger partial charge in [0.15, 0.2) is 0 Å². The van der Waals surface area contributed by atoms with Crippen molar-refractivity contribution in [2.24, 2.45) is 0 Å². The number of hydrogen-bond donors (Lipinski definition) is 0. The molecule has 0 aliphatic carbocycles. The number of benzene rings is 1. The summed E-state index contributed by atoms with van der Waals surface area (Å²) in [6.07, 6.45) is 0. The molecule has 1 aliphatic heterocycles. The summed E-state index contributed by atoms with van der Waals surface area (Å²) < 4.78 is 5.68. The fourth-order valence-electron chi connectivity index (χ4n) is 2.02. The zero-order valence-electron chi connectivity index (χ0n) is 9.49. The third-order valence-electron chi connectivity index (χ3n) is 2.67. The summed E-state index contributed by atoms with van der Waals surface area (Å²) in [5, 5.41) is 0. The van der Waals surface area contributed by atoms with E-state index in [9.17, 15) is 0 Å². The zero-order chi connectivity index (χ0) is 10.7. The van der Waals surface area contributed by atoms with Gasteiger partial charge in [-0.05, 0) is 25.5 Å². The van der Waals surface area contributed by atoms with Crippen LogP contribution in [0, 0.1) is 6.07 Å². The molecule has 0 aromatic heterocycles. The van der Waals surface area contributed by atoms with E-state index in [2.05, 4.69) is 36.9 Å². The highest BCUT2D eigenvalue weighted by atomic mass is 16.5. The highest BCUT2D eigenvalue weighted by Crippen LogP contribution is 2.18. The van der Waals surface area contributed by atoms with Gasteiger partial charge in [0, 0.05) is 19.6 Å². The molecule has 0 spiro atoms. The molecule has 1 aliphatic rings. The molecule has 0 bridgehead atoms. The summed E-state index contributed by atoms with van der Waals surface area (Å²) in [4.78, 5) is 2.43. The number of rotatable bonds is 2. The minimum Gasteiger partial charge on any atom is -0.373 e. The van der Waals surface area contributed by atoms with Crippen LogP contribution in [0.3, 0.4) is 0 Å². The molecule has 0 amide bonds. The van der Waals surface area contributed by atoms with Gasteiger partial charge in [-0.3, -0.25) is 4.90 Å². The van der Waals surface area contributed by atoms with Crippen molar-refractivity contribution in [1.29, 1.82) is 0 Å². The summed E-state index contributed by atoms with van der Waals surface area (Å²) in [5.74, 6) is 0. The normalized spacial score (nSPS) is 21.5. The number of nitrogens with zero attached hydrogens (tertiary/aromatic N) is 1. The van der Waals surface area contributed by atoms with Crippen LogP contribution < -0.4 is 0 Å².